The van der Waals surface area contributed by atoms with E-state index in [1.54, 1.807) is 0 Å². The predicted molar refractivity (Wildman–Crippen MR) is 72.2 cm³/mol. The zero-order chi connectivity index (χ0) is 11.5. The number of hydrogen-bond acceptors (Lipinski definition) is 1. The molecule has 0 amide bonds. The Bertz CT molecular complexity index is 486. The summed E-state index contributed by atoms with van der Waals surface area (Å²) in [4.78, 5) is 0. The molecule has 1 N–H and O–H groups in total. The molecule has 1 heteroatoms. The van der Waals surface area contributed by atoms with Gasteiger partial charge in [0.25, 0.3) is 0 Å². The summed E-state index contributed by atoms with van der Waals surface area (Å²) in [6, 6.07) is 19.3. The summed E-state index contributed by atoms with van der Waals surface area (Å²) in [5, 5.41) is 3.45. The molecule has 86 valence electrons. The van der Waals surface area contributed by atoms with E-state index in [1.165, 1.54) is 29.7 Å². The fraction of sp³-hybridized carbons (Fsp3) is 0.250. The molecule has 2 aromatic rings. The minimum atomic E-state index is 0.840. The predicted octanol–water partition coefficient (Wildman–Crippen LogP) is 4.18. The van der Waals surface area contributed by atoms with E-state index in [2.05, 4.69) is 53.8 Å². The van der Waals surface area contributed by atoms with Crippen LogP contribution in [0.25, 0.3) is 0 Å². The summed E-state index contributed by atoms with van der Waals surface area (Å²) in [5.74, 6) is 0.840. The van der Waals surface area contributed by atoms with Crippen LogP contribution in [0, 0.1) is 0 Å². The lowest BCUT2D eigenvalue weighted by Crippen LogP contribution is -1.99. The van der Waals surface area contributed by atoms with E-state index in [0.29, 0.717) is 0 Å². The Labute approximate surface area is 102 Å². The van der Waals surface area contributed by atoms with Gasteiger partial charge in [0.15, 0.2) is 0 Å². The molecule has 2 aromatic carbocycles. The van der Waals surface area contributed by atoms with Gasteiger partial charge in [-0.3, -0.25) is 0 Å². The summed E-state index contributed by atoms with van der Waals surface area (Å²) < 4.78 is 0. The average molecular weight is 223 g/mol. The Balaban J connectivity index is 1.66. The quantitative estimate of drug-likeness (QED) is 0.820. The largest absolute Gasteiger partial charge is 0.381 e. The van der Waals surface area contributed by atoms with Crippen molar-refractivity contribution in [1.29, 1.82) is 0 Å². The Morgan fingerprint density at radius 2 is 1.76 bits per heavy atom. The smallest absolute Gasteiger partial charge is 0.0400 e. The van der Waals surface area contributed by atoms with Crippen LogP contribution < -0.4 is 5.32 Å². The van der Waals surface area contributed by atoms with Gasteiger partial charge in [-0.25, -0.2) is 0 Å². The summed E-state index contributed by atoms with van der Waals surface area (Å²) >= 11 is 0. The fourth-order valence-corrected chi connectivity index (χ4v) is 2.13. The molecule has 0 aromatic heterocycles. The fourth-order valence-electron chi connectivity index (χ4n) is 2.13. The lowest BCUT2D eigenvalue weighted by atomic mass is 10.1. The summed E-state index contributed by atoms with van der Waals surface area (Å²) in [5.41, 5.74) is 4.07. The Morgan fingerprint density at radius 3 is 2.53 bits per heavy atom. The standard InChI is InChI=1S/C16H17N/c1-2-7-16(8-3-1)17-12-13-5-4-6-15(11-13)14-9-10-14/h1-8,11,14,17H,9-10,12H2. The monoisotopic (exact) mass is 223 g/mol. The highest BCUT2D eigenvalue weighted by Crippen LogP contribution is 2.40. The van der Waals surface area contributed by atoms with E-state index >= 15 is 0 Å². The van der Waals surface area contributed by atoms with Crippen molar-refractivity contribution in [2.24, 2.45) is 0 Å². The number of hydrogen-bond donors (Lipinski definition) is 1. The zero-order valence-corrected chi connectivity index (χ0v) is 9.89. The van der Waals surface area contributed by atoms with Gasteiger partial charge in [-0.2, -0.15) is 0 Å². The normalized spacial score (nSPS) is 14.6. The second-order valence-corrected chi connectivity index (χ2v) is 4.74. The first-order valence-corrected chi connectivity index (χ1v) is 6.29. The molecule has 0 saturated heterocycles. The van der Waals surface area contributed by atoms with Gasteiger partial charge in [0.05, 0.1) is 0 Å². The van der Waals surface area contributed by atoms with Crippen LogP contribution in [-0.2, 0) is 6.54 Å². The van der Waals surface area contributed by atoms with E-state index in [4.69, 9.17) is 0 Å². The van der Waals surface area contributed by atoms with Crippen molar-refractivity contribution in [3.63, 3.8) is 0 Å². The van der Waals surface area contributed by atoms with E-state index in [1.807, 2.05) is 6.07 Å². The molecule has 1 nitrogen and oxygen atoms in total. The number of benzene rings is 2. The van der Waals surface area contributed by atoms with Gasteiger partial charge < -0.3 is 5.32 Å². The zero-order valence-electron chi connectivity index (χ0n) is 9.89. The van der Waals surface area contributed by atoms with Crippen LogP contribution in [0.1, 0.15) is 29.9 Å². The molecular formula is C16H17N. The Kier molecular flexibility index (Phi) is 2.83. The third kappa shape index (κ3) is 2.68. The van der Waals surface area contributed by atoms with Crippen LogP contribution in [0.2, 0.25) is 0 Å². The third-order valence-electron chi connectivity index (χ3n) is 3.27. The molecule has 17 heavy (non-hydrogen) atoms. The van der Waals surface area contributed by atoms with Crippen molar-refractivity contribution in [3.05, 3.63) is 65.7 Å². The van der Waals surface area contributed by atoms with Crippen LogP contribution in [0.4, 0.5) is 5.69 Å². The second kappa shape index (κ2) is 4.62. The molecule has 3 rings (SSSR count). The van der Waals surface area contributed by atoms with Gasteiger partial charge in [-0.05, 0) is 42.0 Å². The number of rotatable bonds is 4. The molecule has 0 bridgehead atoms. The highest BCUT2D eigenvalue weighted by atomic mass is 14.9. The van der Waals surface area contributed by atoms with Gasteiger partial charge in [0.1, 0.15) is 0 Å². The Hall–Kier alpha value is -1.76. The topological polar surface area (TPSA) is 12.0 Å². The maximum absolute atomic E-state index is 3.45. The molecule has 1 aliphatic carbocycles. The minimum Gasteiger partial charge on any atom is -0.381 e. The van der Waals surface area contributed by atoms with E-state index in [9.17, 15) is 0 Å². The number of nitrogens with one attached hydrogen (secondary N) is 1. The van der Waals surface area contributed by atoms with Crippen molar-refractivity contribution in [2.45, 2.75) is 25.3 Å². The minimum absolute atomic E-state index is 0.840. The van der Waals surface area contributed by atoms with Gasteiger partial charge in [0, 0.05) is 12.2 Å². The number of anilines is 1. The first-order valence-electron chi connectivity index (χ1n) is 6.29. The molecule has 0 heterocycles. The molecule has 0 aliphatic heterocycles. The second-order valence-electron chi connectivity index (χ2n) is 4.74. The lowest BCUT2D eigenvalue weighted by Gasteiger charge is -2.07. The molecule has 0 unspecified atom stereocenters. The van der Waals surface area contributed by atoms with E-state index < -0.39 is 0 Å². The van der Waals surface area contributed by atoms with Crippen LogP contribution in [0.5, 0.6) is 0 Å². The summed E-state index contributed by atoms with van der Waals surface area (Å²) in [6.07, 6.45) is 2.74. The molecule has 1 saturated carbocycles. The van der Waals surface area contributed by atoms with Crippen molar-refractivity contribution in [1.82, 2.24) is 0 Å². The van der Waals surface area contributed by atoms with Gasteiger partial charge in [0.2, 0.25) is 0 Å². The molecular weight excluding hydrogens is 206 g/mol. The Morgan fingerprint density at radius 1 is 0.941 bits per heavy atom. The van der Waals surface area contributed by atoms with Gasteiger partial charge in [-0.1, -0.05) is 42.5 Å². The lowest BCUT2D eigenvalue weighted by molar-refractivity contribution is 1.09. The van der Waals surface area contributed by atoms with Crippen molar-refractivity contribution in [3.8, 4) is 0 Å². The summed E-state index contributed by atoms with van der Waals surface area (Å²) in [6.45, 7) is 0.907. The van der Waals surface area contributed by atoms with Crippen molar-refractivity contribution in [2.75, 3.05) is 5.32 Å². The van der Waals surface area contributed by atoms with Crippen LogP contribution in [-0.4, -0.2) is 0 Å². The molecule has 0 atom stereocenters. The van der Waals surface area contributed by atoms with E-state index in [-0.39, 0.29) is 0 Å². The van der Waals surface area contributed by atoms with Crippen LogP contribution in [0.15, 0.2) is 54.6 Å². The van der Waals surface area contributed by atoms with Crippen molar-refractivity contribution < 1.29 is 0 Å². The highest BCUT2D eigenvalue weighted by Gasteiger charge is 2.23. The molecule has 0 spiro atoms. The first kappa shape index (κ1) is 10.4. The molecule has 1 aliphatic rings. The molecule has 0 radical (unpaired) electrons. The molecule has 1 fully saturated rings. The van der Waals surface area contributed by atoms with Crippen molar-refractivity contribution >= 4 is 5.69 Å². The van der Waals surface area contributed by atoms with Gasteiger partial charge in [-0.15, -0.1) is 0 Å². The van der Waals surface area contributed by atoms with E-state index in [0.717, 1.165) is 12.5 Å². The maximum Gasteiger partial charge on any atom is 0.0400 e. The number of para-hydroxylation sites is 1. The third-order valence-corrected chi connectivity index (χ3v) is 3.27. The van der Waals surface area contributed by atoms with Gasteiger partial charge >= 0.3 is 0 Å². The summed E-state index contributed by atoms with van der Waals surface area (Å²) in [7, 11) is 0. The SMILES string of the molecule is c1ccc(NCc2cccc(C3CC3)c2)cc1. The average Bonchev–Trinajstić information content (AvgIpc) is 3.22. The first-order chi connectivity index (χ1) is 8.42. The van der Waals surface area contributed by atoms with Crippen LogP contribution in [0.3, 0.4) is 0 Å². The highest BCUT2D eigenvalue weighted by molar-refractivity contribution is 5.43. The maximum atomic E-state index is 3.45. The van der Waals surface area contributed by atoms with Crippen LogP contribution >= 0.6 is 0 Å².